The molecule has 0 fully saturated rings. The van der Waals surface area contributed by atoms with Crippen molar-refractivity contribution in [1.82, 2.24) is 0 Å². The molecule has 0 saturated carbocycles. The molecular formula is C15H15N3O4. The first-order chi connectivity index (χ1) is 10.6. The van der Waals surface area contributed by atoms with Crippen LogP contribution < -0.4 is 15.3 Å². The SMILES string of the molecule is COc1cc(/C=N\N)ccc1OCc1ccc([N+](=O)[O-])cc1. The summed E-state index contributed by atoms with van der Waals surface area (Å²) in [5.41, 5.74) is 1.66. The number of nitro benzene ring substituents is 1. The molecule has 0 amide bonds. The first-order valence-electron chi connectivity index (χ1n) is 6.41. The number of hydrazone groups is 1. The summed E-state index contributed by atoms with van der Waals surface area (Å²) in [7, 11) is 1.54. The van der Waals surface area contributed by atoms with E-state index in [2.05, 4.69) is 5.10 Å². The number of nitrogens with two attached hydrogens (primary N) is 1. The quantitative estimate of drug-likeness (QED) is 0.382. The minimum atomic E-state index is -0.439. The lowest BCUT2D eigenvalue weighted by atomic mass is 10.2. The van der Waals surface area contributed by atoms with Crippen LogP contribution in [0.1, 0.15) is 11.1 Å². The van der Waals surface area contributed by atoms with Crippen molar-refractivity contribution in [2.75, 3.05) is 7.11 Å². The highest BCUT2D eigenvalue weighted by atomic mass is 16.6. The Hall–Kier alpha value is -3.09. The van der Waals surface area contributed by atoms with E-state index in [1.54, 1.807) is 30.3 Å². The summed E-state index contributed by atoms with van der Waals surface area (Å²) < 4.78 is 10.9. The molecule has 2 N–H and O–H groups in total. The van der Waals surface area contributed by atoms with Gasteiger partial charge in [0.25, 0.3) is 5.69 Å². The predicted octanol–water partition coefficient (Wildman–Crippen LogP) is 2.48. The van der Waals surface area contributed by atoms with Gasteiger partial charge >= 0.3 is 0 Å². The van der Waals surface area contributed by atoms with Crippen molar-refractivity contribution in [1.29, 1.82) is 0 Å². The van der Waals surface area contributed by atoms with Crippen molar-refractivity contribution in [2.24, 2.45) is 10.9 Å². The second-order valence-corrected chi connectivity index (χ2v) is 4.40. The number of non-ortho nitro benzene ring substituents is 1. The third kappa shape index (κ3) is 3.72. The zero-order valence-corrected chi connectivity index (χ0v) is 11.9. The van der Waals surface area contributed by atoms with Gasteiger partial charge in [-0.3, -0.25) is 10.1 Å². The molecule has 0 spiro atoms. The molecule has 0 aliphatic heterocycles. The summed E-state index contributed by atoms with van der Waals surface area (Å²) in [5, 5.41) is 14.0. The lowest BCUT2D eigenvalue weighted by molar-refractivity contribution is -0.384. The molecule has 0 unspecified atom stereocenters. The van der Waals surface area contributed by atoms with Crippen LogP contribution in [-0.4, -0.2) is 18.2 Å². The summed E-state index contributed by atoms with van der Waals surface area (Å²) in [5.74, 6) is 6.23. The normalized spacial score (nSPS) is 10.6. The molecule has 7 nitrogen and oxygen atoms in total. The van der Waals surface area contributed by atoms with Crippen LogP contribution >= 0.6 is 0 Å². The smallest absolute Gasteiger partial charge is 0.269 e. The summed E-state index contributed by atoms with van der Waals surface area (Å²) in [6, 6.07) is 11.5. The second-order valence-electron chi connectivity index (χ2n) is 4.40. The minimum Gasteiger partial charge on any atom is -0.493 e. The number of methoxy groups -OCH3 is 1. The number of hydrogen-bond acceptors (Lipinski definition) is 6. The third-order valence-corrected chi connectivity index (χ3v) is 2.95. The van der Waals surface area contributed by atoms with E-state index in [0.717, 1.165) is 11.1 Å². The minimum absolute atomic E-state index is 0.0479. The Bertz CT molecular complexity index is 684. The van der Waals surface area contributed by atoms with Crippen molar-refractivity contribution in [3.05, 3.63) is 63.7 Å². The first kappa shape index (κ1) is 15.3. The van der Waals surface area contributed by atoms with E-state index in [4.69, 9.17) is 15.3 Å². The zero-order chi connectivity index (χ0) is 15.9. The molecule has 0 aromatic heterocycles. The molecule has 0 aliphatic rings. The maximum atomic E-state index is 10.6. The van der Waals surface area contributed by atoms with Gasteiger partial charge in [-0.2, -0.15) is 5.10 Å². The van der Waals surface area contributed by atoms with E-state index in [9.17, 15) is 10.1 Å². The van der Waals surface area contributed by atoms with Crippen molar-refractivity contribution in [3.8, 4) is 11.5 Å². The Morgan fingerprint density at radius 3 is 2.55 bits per heavy atom. The Labute approximate surface area is 127 Å². The van der Waals surface area contributed by atoms with Crippen LogP contribution in [-0.2, 0) is 6.61 Å². The number of nitro groups is 1. The van der Waals surface area contributed by atoms with Gasteiger partial charge < -0.3 is 15.3 Å². The van der Waals surface area contributed by atoms with Crippen LogP contribution in [0.25, 0.3) is 0 Å². The molecule has 2 aromatic carbocycles. The van der Waals surface area contributed by atoms with Gasteiger partial charge in [0.05, 0.1) is 18.2 Å². The fourth-order valence-corrected chi connectivity index (χ4v) is 1.84. The maximum absolute atomic E-state index is 10.6. The van der Waals surface area contributed by atoms with Crippen LogP contribution in [0.3, 0.4) is 0 Å². The average Bonchev–Trinajstić information content (AvgIpc) is 2.54. The summed E-state index contributed by atoms with van der Waals surface area (Å²) in [4.78, 5) is 10.2. The van der Waals surface area contributed by atoms with Crippen LogP contribution in [0.15, 0.2) is 47.6 Å². The summed E-state index contributed by atoms with van der Waals surface area (Å²) >= 11 is 0. The van der Waals surface area contributed by atoms with Gasteiger partial charge in [0.2, 0.25) is 0 Å². The lowest BCUT2D eigenvalue weighted by Crippen LogP contribution is -1.99. The largest absolute Gasteiger partial charge is 0.493 e. The van der Waals surface area contributed by atoms with Gasteiger partial charge in [-0.25, -0.2) is 0 Å². The number of ether oxygens (including phenoxy) is 2. The third-order valence-electron chi connectivity index (χ3n) is 2.95. The molecule has 0 radical (unpaired) electrons. The maximum Gasteiger partial charge on any atom is 0.269 e. The Morgan fingerprint density at radius 2 is 1.95 bits per heavy atom. The molecule has 7 heteroatoms. The summed E-state index contributed by atoms with van der Waals surface area (Å²) in [6.45, 7) is 0.276. The molecule has 2 aromatic rings. The molecule has 0 saturated heterocycles. The van der Waals surface area contributed by atoms with Crippen LogP contribution in [0, 0.1) is 10.1 Å². The molecule has 0 aliphatic carbocycles. The van der Waals surface area contributed by atoms with Gasteiger partial charge in [-0.1, -0.05) is 0 Å². The van der Waals surface area contributed by atoms with E-state index >= 15 is 0 Å². The van der Waals surface area contributed by atoms with Gasteiger partial charge in [0, 0.05) is 12.1 Å². The number of hydrogen-bond donors (Lipinski definition) is 1. The highest BCUT2D eigenvalue weighted by molar-refractivity contribution is 5.80. The molecular weight excluding hydrogens is 286 g/mol. The van der Waals surface area contributed by atoms with Crippen molar-refractivity contribution in [3.63, 3.8) is 0 Å². The Balaban J connectivity index is 2.09. The van der Waals surface area contributed by atoms with Crippen molar-refractivity contribution in [2.45, 2.75) is 6.61 Å². The van der Waals surface area contributed by atoms with E-state index in [0.29, 0.717) is 11.5 Å². The molecule has 0 heterocycles. The highest BCUT2D eigenvalue weighted by Crippen LogP contribution is 2.28. The number of benzene rings is 2. The van der Waals surface area contributed by atoms with Crippen molar-refractivity contribution < 1.29 is 14.4 Å². The zero-order valence-electron chi connectivity index (χ0n) is 11.9. The first-order valence-corrected chi connectivity index (χ1v) is 6.41. The number of nitrogens with zero attached hydrogens (tertiary/aromatic N) is 2. The average molecular weight is 301 g/mol. The van der Waals surface area contributed by atoms with Gasteiger partial charge in [-0.15, -0.1) is 0 Å². The van der Waals surface area contributed by atoms with E-state index in [1.807, 2.05) is 0 Å². The molecule has 2 rings (SSSR count). The molecule has 0 atom stereocenters. The Morgan fingerprint density at radius 1 is 1.23 bits per heavy atom. The van der Waals surface area contributed by atoms with Gasteiger partial charge in [0.15, 0.2) is 11.5 Å². The monoisotopic (exact) mass is 301 g/mol. The van der Waals surface area contributed by atoms with E-state index in [-0.39, 0.29) is 12.3 Å². The Kier molecular flexibility index (Phi) is 4.92. The molecule has 0 bridgehead atoms. The fraction of sp³-hybridized carbons (Fsp3) is 0.133. The molecule has 114 valence electrons. The second kappa shape index (κ2) is 7.07. The van der Waals surface area contributed by atoms with Crippen molar-refractivity contribution >= 4 is 11.9 Å². The van der Waals surface area contributed by atoms with Crippen LogP contribution in [0.4, 0.5) is 5.69 Å². The predicted molar refractivity (Wildman–Crippen MR) is 82.2 cm³/mol. The topological polar surface area (TPSA) is 100.0 Å². The van der Waals surface area contributed by atoms with Crippen LogP contribution in [0.2, 0.25) is 0 Å². The van der Waals surface area contributed by atoms with E-state index < -0.39 is 4.92 Å². The highest BCUT2D eigenvalue weighted by Gasteiger charge is 2.07. The van der Waals surface area contributed by atoms with Gasteiger partial charge in [0.1, 0.15) is 6.61 Å². The standard InChI is InChI=1S/C15H15N3O4/c1-21-15-8-12(9-17-16)4-7-14(15)22-10-11-2-5-13(6-3-11)18(19)20/h2-9H,10,16H2,1H3/b17-9-. The number of rotatable bonds is 6. The lowest BCUT2D eigenvalue weighted by Gasteiger charge is -2.11. The molecule has 22 heavy (non-hydrogen) atoms. The van der Waals surface area contributed by atoms with Crippen LogP contribution in [0.5, 0.6) is 11.5 Å². The fourth-order valence-electron chi connectivity index (χ4n) is 1.84. The summed E-state index contributed by atoms with van der Waals surface area (Å²) in [6.07, 6.45) is 1.50. The van der Waals surface area contributed by atoms with Gasteiger partial charge in [-0.05, 0) is 41.5 Å². The van der Waals surface area contributed by atoms with E-state index in [1.165, 1.54) is 25.5 Å².